The molecule has 2 aromatic carbocycles. The molecule has 1 atom stereocenters. The second kappa shape index (κ2) is 11.3. The van der Waals surface area contributed by atoms with E-state index in [9.17, 15) is 9.59 Å². The molecular weight excluding hydrogens is 601 g/mol. The van der Waals surface area contributed by atoms with Crippen molar-refractivity contribution in [2.75, 3.05) is 20.2 Å². The van der Waals surface area contributed by atoms with Gasteiger partial charge in [0, 0.05) is 61.6 Å². The van der Waals surface area contributed by atoms with Crippen LogP contribution in [0.2, 0.25) is 0 Å². The molecule has 0 radical (unpaired) electrons. The Hall–Kier alpha value is -5.14. The number of nitrogens with zero attached hydrogens (tertiary/aromatic N) is 7. The Balaban J connectivity index is 1.28. The van der Waals surface area contributed by atoms with Crippen LogP contribution in [0.5, 0.6) is 5.75 Å². The monoisotopic (exact) mass is 632 g/mol. The number of fused-ring (bicyclic) bond motifs is 2. The van der Waals surface area contributed by atoms with E-state index in [-0.39, 0.29) is 42.2 Å². The number of rotatable bonds is 7. The van der Waals surface area contributed by atoms with Gasteiger partial charge in [-0.15, -0.1) is 5.10 Å². The van der Waals surface area contributed by atoms with Crippen LogP contribution in [0.1, 0.15) is 46.1 Å². The second-order valence-corrected chi connectivity index (χ2v) is 11.8. The number of likely N-dealkylation sites (tertiary alicyclic amines) is 1. The minimum atomic E-state index is -3.24. The van der Waals surface area contributed by atoms with Gasteiger partial charge in [-0.3, -0.25) is 19.0 Å². The van der Waals surface area contributed by atoms with Gasteiger partial charge in [-0.05, 0) is 29.3 Å². The number of para-hydroxylation sites is 1. The van der Waals surface area contributed by atoms with Crippen molar-refractivity contribution in [3.8, 4) is 16.9 Å². The van der Waals surface area contributed by atoms with E-state index in [1.165, 1.54) is 18.0 Å². The maximum absolute atomic E-state index is 16.6. The minimum Gasteiger partial charge on any atom is -0.496 e. The molecule has 0 bridgehead atoms. The standard InChI is InChI=1S/C32H31F3N8O3/c1-40-26-17-41(16-20(26)14-37-40)31(45)25-12-24-23(21-5-3-4-6-27(21)46-2)11-22(29(33)30(24)38-25)19-13-32(34,35)18-42(15-19)28(44)7-9-43-10-8-36-39-43/h3-6,8,10-12,14,19,38H,7,9,13,15-18H2,1-2H3. The summed E-state index contributed by atoms with van der Waals surface area (Å²) in [6.45, 7) is 0.0547. The molecular formula is C32H31F3N8O3. The number of carbonyl (C=O) groups is 2. The van der Waals surface area contributed by atoms with Crippen LogP contribution in [-0.4, -0.2) is 77.5 Å². The number of ether oxygens (including phenoxy) is 1. The van der Waals surface area contributed by atoms with Crippen LogP contribution in [-0.2, 0) is 31.5 Å². The van der Waals surface area contributed by atoms with Gasteiger partial charge in [0.05, 0.1) is 50.3 Å². The van der Waals surface area contributed by atoms with Crippen LogP contribution in [0.25, 0.3) is 22.0 Å². The summed E-state index contributed by atoms with van der Waals surface area (Å²) in [5.41, 5.74) is 3.21. The van der Waals surface area contributed by atoms with E-state index in [4.69, 9.17) is 4.74 Å². The molecule has 1 unspecified atom stereocenters. The van der Waals surface area contributed by atoms with E-state index in [2.05, 4.69) is 20.4 Å². The maximum Gasteiger partial charge on any atom is 0.270 e. The Morgan fingerprint density at radius 1 is 1.13 bits per heavy atom. The molecule has 3 aromatic heterocycles. The van der Waals surface area contributed by atoms with E-state index in [1.807, 2.05) is 7.05 Å². The summed E-state index contributed by atoms with van der Waals surface area (Å²) in [5, 5.41) is 12.2. The third-order valence-corrected chi connectivity index (χ3v) is 8.87. The highest BCUT2D eigenvalue weighted by atomic mass is 19.3. The van der Waals surface area contributed by atoms with Crippen molar-refractivity contribution in [2.24, 2.45) is 7.05 Å². The SMILES string of the molecule is COc1ccccc1-c1cc(C2CN(C(=O)CCn3ccnn3)CC(F)(F)C2)c(F)c2[nH]c(C(=O)N3Cc4cnn(C)c4C3)cc12. The van der Waals surface area contributed by atoms with Crippen molar-refractivity contribution in [2.45, 2.75) is 44.3 Å². The first-order valence-corrected chi connectivity index (χ1v) is 14.9. The van der Waals surface area contributed by atoms with E-state index in [0.29, 0.717) is 35.4 Å². The van der Waals surface area contributed by atoms with Crippen molar-refractivity contribution < 1.29 is 27.5 Å². The van der Waals surface area contributed by atoms with Crippen LogP contribution < -0.4 is 4.74 Å². The van der Waals surface area contributed by atoms with Crippen LogP contribution in [0, 0.1) is 5.82 Å². The topological polar surface area (TPSA) is 114 Å². The van der Waals surface area contributed by atoms with Gasteiger partial charge in [-0.1, -0.05) is 23.4 Å². The lowest BCUT2D eigenvalue weighted by Crippen LogP contribution is -2.49. The van der Waals surface area contributed by atoms with Crippen molar-refractivity contribution in [3.63, 3.8) is 0 Å². The first kappa shape index (κ1) is 29.6. The summed E-state index contributed by atoms with van der Waals surface area (Å²) in [7, 11) is 3.32. The molecule has 14 heteroatoms. The molecule has 2 amide bonds. The minimum absolute atomic E-state index is 0.0260. The molecule has 2 aliphatic heterocycles. The van der Waals surface area contributed by atoms with Gasteiger partial charge in [-0.25, -0.2) is 13.2 Å². The van der Waals surface area contributed by atoms with E-state index in [1.54, 1.807) is 58.4 Å². The zero-order valence-electron chi connectivity index (χ0n) is 25.2. The molecule has 0 saturated carbocycles. The Kier molecular flexibility index (Phi) is 7.29. The molecule has 1 N–H and O–H groups in total. The van der Waals surface area contributed by atoms with Crippen LogP contribution in [0.4, 0.5) is 13.2 Å². The number of H-pyrrole nitrogens is 1. The lowest BCUT2D eigenvalue weighted by Gasteiger charge is -2.38. The van der Waals surface area contributed by atoms with Crippen LogP contribution in [0.3, 0.4) is 0 Å². The number of hydrogen-bond donors (Lipinski definition) is 1. The van der Waals surface area contributed by atoms with Crippen molar-refractivity contribution in [1.29, 1.82) is 0 Å². The lowest BCUT2D eigenvalue weighted by molar-refractivity contribution is -0.143. The smallest absolute Gasteiger partial charge is 0.270 e. The Bertz CT molecular complexity index is 1950. The number of piperidine rings is 1. The predicted molar refractivity (Wildman–Crippen MR) is 161 cm³/mol. The second-order valence-electron chi connectivity index (χ2n) is 11.8. The Labute approximate surface area is 261 Å². The third kappa shape index (κ3) is 5.26. The van der Waals surface area contributed by atoms with Crippen LogP contribution in [0.15, 0.2) is 55.0 Å². The average molecular weight is 633 g/mol. The summed E-state index contributed by atoms with van der Waals surface area (Å²) < 4.78 is 55.8. The third-order valence-electron chi connectivity index (χ3n) is 8.87. The Morgan fingerprint density at radius 3 is 2.72 bits per heavy atom. The van der Waals surface area contributed by atoms with Gasteiger partial charge < -0.3 is 19.5 Å². The average Bonchev–Trinajstić information content (AvgIpc) is 3.85. The normalized spacial score (nSPS) is 17.5. The molecule has 7 rings (SSSR count). The fourth-order valence-corrected chi connectivity index (χ4v) is 6.60. The quantitative estimate of drug-likeness (QED) is 0.283. The molecule has 11 nitrogen and oxygen atoms in total. The molecule has 0 spiro atoms. The zero-order valence-corrected chi connectivity index (χ0v) is 25.2. The molecule has 5 heterocycles. The lowest BCUT2D eigenvalue weighted by atomic mass is 9.85. The predicted octanol–water partition coefficient (Wildman–Crippen LogP) is 4.51. The highest BCUT2D eigenvalue weighted by Gasteiger charge is 2.43. The van der Waals surface area contributed by atoms with Crippen LogP contribution >= 0.6 is 0 Å². The highest BCUT2D eigenvalue weighted by molar-refractivity contribution is 6.04. The van der Waals surface area contributed by atoms with Gasteiger partial charge >= 0.3 is 0 Å². The first-order chi connectivity index (χ1) is 22.1. The van der Waals surface area contributed by atoms with Crippen molar-refractivity contribution in [1.82, 2.24) is 39.6 Å². The summed E-state index contributed by atoms with van der Waals surface area (Å²) in [6.07, 6.45) is 4.08. The fourth-order valence-electron chi connectivity index (χ4n) is 6.60. The first-order valence-electron chi connectivity index (χ1n) is 14.9. The summed E-state index contributed by atoms with van der Waals surface area (Å²) in [5.74, 6) is -5.31. The molecule has 1 fully saturated rings. The molecule has 0 aliphatic carbocycles. The number of aromatic nitrogens is 6. The number of amides is 2. The number of halogens is 3. The van der Waals surface area contributed by atoms with Gasteiger partial charge in [0.15, 0.2) is 5.82 Å². The summed E-state index contributed by atoms with van der Waals surface area (Å²) in [4.78, 5) is 32.5. The van der Waals surface area contributed by atoms with E-state index >= 15 is 13.2 Å². The van der Waals surface area contributed by atoms with Gasteiger partial charge in [-0.2, -0.15) is 5.10 Å². The number of alkyl halides is 2. The largest absolute Gasteiger partial charge is 0.496 e. The van der Waals surface area contributed by atoms with Crippen molar-refractivity contribution >= 4 is 22.7 Å². The van der Waals surface area contributed by atoms with Gasteiger partial charge in [0.2, 0.25) is 5.91 Å². The molecule has 238 valence electrons. The molecule has 2 aliphatic rings. The molecule has 1 saturated heterocycles. The Morgan fingerprint density at radius 2 is 1.96 bits per heavy atom. The zero-order chi connectivity index (χ0) is 32.2. The van der Waals surface area contributed by atoms with Gasteiger partial charge in [0.1, 0.15) is 11.4 Å². The summed E-state index contributed by atoms with van der Waals surface area (Å²) >= 11 is 0. The number of benzene rings is 2. The van der Waals surface area contributed by atoms with Crippen molar-refractivity contribution in [3.05, 3.63) is 83.3 Å². The highest BCUT2D eigenvalue weighted by Crippen LogP contribution is 2.43. The number of hydrogen-bond acceptors (Lipinski definition) is 6. The summed E-state index contributed by atoms with van der Waals surface area (Å²) in [6, 6.07) is 10.3. The number of nitrogens with one attached hydrogen (secondary N) is 1. The fraction of sp³-hybridized carbons (Fsp3) is 0.344. The number of carbonyl (C=O) groups excluding carboxylic acids is 2. The number of aromatic amines is 1. The maximum atomic E-state index is 16.6. The van der Waals surface area contributed by atoms with E-state index < -0.39 is 36.5 Å². The number of methoxy groups -OCH3 is 1. The molecule has 46 heavy (non-hydrogen) atoms. The molecule has 5 aromatic rings. The number of aryl methyl sites for hydroxylation is 2. The van der Waals surface area contributed by atoms with E-state index in [0.717, 1.165) is 16.2 Å². The van der Waals surface area contributed by atoms with Gasteiger partial charge in [0.25, 0.3) is 11.8 Å².